The van der Waals surface area contributed by atoms with Gasteiger partial charge in [-0.3, -0.25) is 4.79 Å². The standard InChI is InChI=1S/C15H17FN2O3/c1-4-10-12(21-8-20-3)6-5-11(14(10)16)15-9(2)7-13(19)17-18-15/h4-6,9H,1,7-8H2,2-3H3,(H,17,19). The van der Waals surface area contributed by atoms with Crippen LogP contribution in [0.5, 0.6) is 5.75 Å². The van der Waals surface area contributed by atoms with E-state index in [9.17, 15) is 9.18 Å². The Hall–Kier alpha value is -2.21. The number of carbonyl (C=O) groups excluding carboxylic acids is 1. The number of benzene rings is 1. The molecule has 1 aliphatic rings. The number of nitrogens with one attached hydrogen (secondary N) is 1. The van der Waals surface area contributed by atoms with Crippen LogP contribution >= 0.6 is 0 Å². The normalized spacial score (nSPS) is 18.0. The Kier molecular flexibility index (Phi) is 4.70. The minimum atomic E-state index is -0.472. The van der Waals surface area contributed by atoms with E-state index in [1.165, 1.54) is 13.2 Å². The molecule has 0 radical (unpaired) electrons. The van der Waals surface area contributed by atoms with Gasteiger partial charge < -0.3 is 9.47 Å². The fourth-order valence-corrected chi connectivity index (χ4v) is 2.19. The first kappa shape index (κ1) is 15.2. The minimum Gasteiger partial charge on any atom is -0.467 e. The summed E-state index contributed by atoms with van der Waals surface area (Å²) in [6.07, 6.45) is 1.67. The van der Waals surface area contributed by atoms with Crippen molar-refractivity contribution in [1.29, 1.82) is 0 Å². The number of amides is 1. The lowest BCUT2D eigenvalue weighted by molar-refractivity contribution is -0.121. The van der Waals surface area contributed by atoms with Crippen molar-refractivity contribution in [3.05, 3.63) is 35.7 Å². The van der Waals surface area contributed by atoms with Crippen LogP contribution in [-0.4, -0.2) is 25.5 Å². The molecule has 1 amide bonds. The van der Waals surface area contributed by atoms with Crippen LogP contribution in [0.15, 0.2) is 23.8 Å². The van der Waals surface area contributed by atoms with E-state index in [-0.39, 0.29) is 30.6 Å². The van der Waals surface area contributed by atoms with Gasteiger partial charge in [0.2, 0.25) is 5.91 Å². The van der Waals surface area contributed by atoms with Crippen molar-refractivity contribution in [2.45, 2.75) is 13.3 Å². The molecule has 1 heterocycles. The Morgan fingerprint density at radius 3 is 2.95 bits per heavy atom. The number of carbonyl (C=O) groups is 1. The van der Waals surface area contributed by atoms with Gasteiger partial charge in [-0.25, -0.2) is 9.82 Å². The summed E-state index contributed by atoms with van der Waals surface area (Å²) in [5, 5.41) is 3.97. The molecule has 5 nitrogen and oxygen atoms in total. The summed E-state index contributed by atoms with van der Waals surface area (Å²) in [4.78, 5) is 11.3. The van der Waals surface area contributed by atoms with Gasteiger partial charge in [-0.15, -0.1) is 0 Å². The minimum absolute atomic E-state index is 0.0209. The largest absolute Gasteiger partial charge is 0.467 e. The Morgan fingerprint density at radius 2 is 2.33 bits per heavy atom. The zero-order valence-corrected chi connectivity index (χ0v) is 12.0. The third-order valence-corrected chi connectivity index (χ3v) is 3.21. The van der Waals surface area contributed by atoms with Gasteiger partial charge in [-0.2, -0.15) is 5.10 Å². The molecular formula is C15H17FN2O3. The molecule has 1 aliphatic heterocycles. The lowest BCUT2D eigenvalue weighted by Crippen LogP contribution is -2.32. The third-order valence-electron chi connectivity index (χ3n) is 3.21. The van der Waals surface area contributed by atoms with Gasteiger partial charge in [0.05, 0.1) is 11.3 Å². The van der Waals surface area contributed by atoms with E-state index >= 15 is 0 Å². The molecule has 0 saturated carbocycles. The van der Waals surface area contributed by atoms with Gasteiger partial charge in [-0.05, 0) is 12.1 Å². The second-order valence-corrected chi connectivity index (χ2v) is 4.73. The number of hydrogen-bond acceptors (Lipinski definition) is 4. The van der Waals surface area contributed by atoms with Crippen molar-refractivity contribution < 1.29 is 18.7 Å². The first-order valence-corrected chi connectivity index (χ1v) is 6.52. The van der Waals surface area contributed by atoms with E-state index in [4.69, 9.17) is 9.47 Å². The molecule has 112 valence electrons. The summed E-state index contributed by atoms with van der Waals surface area (Å²) in [5.74, 6) is -0.450. The number of methoxy groups -OCH3 is 1. The van der Waals surface area contributed by atoms with Crippen LogP contribution in [0.3, 0.4) is 0 Å². The summed E-state index contributed by atoms with van der Waals surface area (Å²) in [5.41, 5.74) is 3.47. The van der Waals surface area contributed by atoms with Crippen LogP contribution in [0.4, 0.5) is 4.39 Å². The van der Waals surface area contributed by atoms with Crippen LogP contribution in [0.25, 0.3) is 6.08 Å². The molecule has 6 heteroatoms. The zero-order valence-electron chi connectivity index (χ0n) is 12.0. The molecule has 0 spiro atoms. The van der Waals surface area contributed by atoms with E-state index in [1.807, 2.05) is 6.92 Å². The van der Waals surface area contributed by atoms with Crippen molar-refractivity contribution in [2.75, 3.05) is 13.9 Å². The molecule has 1 aromatic carbocycles. The Morgan fingerprint density at radius 1 is 1.57 bits per heavy atom. The first-order valence-electron chi connectivity index (χ1n) is 6.52. The Labute approximate surface area is 122 Å². The number of hydrazone groups is 1. The molecule has 1 aromatic rings. The lowest BCUT2D eigenvalue weighted by Gasteiger charge is -2.20. The van der Waals surface area contributed by atoms with E-state index in [2.05, 4.69) is 17.1 Å². The van der Waals surface area contributed by atoms with Gasteiger partial charge in [0.15, 0.2) is 6.79 Å². The number of nitrogens with zero attached hydrogens (tertiary/aromatic N) is 1. The van der Waals surface area contributed by atoms with Crippen molar-refractivity contribution >= 4 is 17.7 Å². The van der Waals surface area contributed by atoms with Gasteiger partial charge in [-0.1, -0.05) is 19.6 Å². The molecule has 0 bridgehead atoms. The number of hydrogen-bond donors (Lipinski definition) is 1. The van der Waals surface area contributed by atoms with Gasteiger partial charge in [0.25, 0.3) is 0 Å². The monoisotopic (exact) mass is 292 g/mol. The molecule has 0 fully saturated rings. The molecule has 1 unspecified atom stereocenters. The van der Waals surface area contributed by atoms with Gasteiger partial charge in [0.1, 0.15) is 11.6 Å². The second-order valence-electron chi connectivity index (χ2n) is 4.73. The maximum atomic E-state index is 14.6. The Balaban J connectivity index is 2.42. The Bertz CT molecular complexity index is 599. The van der Waals surface area contributed by atoms with E-state index in [0.717, 1.165) is 0 Å². The molecule has 1 N–H and O–H groups in total. The number of halogens is 1. The topological polar surface area (TPSA) is 59.9 Å². The number of rotatable bonds is 5. The van der Waals surface area contributed by atoms with E-state index in [0.29, 0.717) is 17.0 Å². The first-order chi connectivity index (χ1) is 10.1. The number of ether oxygens (including phenoxy) is 2. The predicted molar refractivity (Wildman–Crippen MR) is 77.5 cm³/mol. The lowest BCUT2D eigenvalue weighted by atomic mass is 9.92. The highest BCUT2D eigenvalue weighted by Crippen LogP contribution is 2.28. The molecule has 21 heavy (non-hydrogen) atoms. The highest BCUT2D eigenvalue weighted by molar-refractivity contribution is 6.06. The quantitative estimate of drug-likeness (QED) is 0.847. The molecule has 2 rings (SSSR count). The molecule has 0 saturated heterocycles. The van der Waals surface area contributed by atoms with E-state index < -0.39 is 5.82 Å². The van der Waals surface area contributed by atoms with Crippen molar-refractivity contribution in [1.82, 2.24) is 5.43 Å². The molecular weight excluding hydrogens is 275 g/mol. The second kappa shape index (κ2) is 6.49. The molecule has 1 atom stereocenters. The summed E-state index contributed by atoms with van der Waals surface area (Å²) in [7, 11) is 1.49. The average Bonchev–Trinajstić information content (AvgIpc) is 2.46. The maximum absolute atomic E-state index is 14.6. The van der Waals surface area contributed by atoms with Crippen LogP contribution in [0.2, 0.25) is 0 Å². The molecule has 0 aromatic heterocycles. The molecule has 0 aliphatic carbocycles. The van der Waals surface area contributed by atoms with Crippen LogP contribution in [-0.2, 0) is 9.53 Å². The van der Waals surface area contributed by atoms with Crippen LogP contribution < -0.4 is 10.2 Å². The average molecular weight is 292 g/mol. The summed E-state index contributed by atoms with van der Waals surface area (Å²) < 4.78 is 24.7. The van der Waals surface area contributed by atoms with Crippen molar-refractivity contribution in [3.8, 4) is 5.75 Å². The summed E-state index contributed by atoms with van der Waals surface area (Å²) in [6, 6.07) is 3.22. The SMILES string of the molecule is C=Cc1c(OCOC)ccc(C2=NNC(=O)CC2C)c1F. The fourth-order valence-electron chi connectivity index (χ4n) is 2.19. The fraction of sp³-hybridized carbons (Fsp3) is 0.333. The summed E-state index contributed by atoms with van der Waals surface area (Å²) >= 11 is 0. The smallest absolute Gasteiger partial charge is 0.240 e. The van der Waals surface area contributed by atoms with E-state index in [1.54, 1.807) is 12.1 Å². The highest BCUT2D eigenvalue weighted by atomic mass is 19.1. The van der Waals surface area contributed by atoms with Crippen molar-refractivity contribution in [2.24, 2.45) is 11.0 Å². The highest BCUT2D eigenvalue weighted by Gasteiger charge is 2.25. The maximum Gasteiger partial charge on any atom is 0.240 e. The zero-order chi connectivity index (χ0) is 15.4. The van der Waals surface area contributed by atoms with Gasteiger partial charge in [0, 0.05) is 25.0 Å². The summed E-state index contributed by atoms with van der Waals surface area (Å²) in [6.45, 7) is 5.46. The van der Waals surface area contributed by atoms with Gasteiger partial charge >= 0.3 is 0 Å². The predicted octanol–water partition coefficient (Wildman–Crippen LogP) is 2.31. The van der Waals surface area contributed by atoms with Crippen LogP contribution in [0, 0.1) is 11.7 Å². The van der Waals surface area contributed by atoms with Crippen LogP contribution in [0.1, 0.15) is 24.5 Å². The van der Waals surface area contributed by atoms with Crippen molar-refractivity contribution in [3.63, 3.8) is 0 Å². The third kappa shape index (κ3) is 3.11.